The van der Waals surface area contributed by atoms with E-state index in [1.807, 2.05) is 0 Å². The van der Waals surface area contributed by atoms with E-state index < -0.39 is 8.32 Å². The van der Waals surface area contributed by atoms with Crippen LogP contribution < -0.4 is 0 Å². The predicted molar refractivity (Wildman–Crippen MR) is 123 cm³/mol. The average molecular weight is 397 g/mol. The molecule has 0 aliphatic carbocycles. The van der Waals surface area contributed by atoms with E-state index in [2.05, 4.69) is 52.9 Å². The predicted octanol–water partition coefficient (Wildman–Crippen LogP) is 8.22. The maximum Gasteiger partial charge on any atom is 0.192 e. The zero-order chi connectivity index (χ0) is 20.6. The van der Waals surface area contributed by atoms with Gasteiger partial charge in [0.1, 0.15) is 6.29 Å². The van der Waals surface area contributed by atoms with Gasteiger partial charge in [0.2, 0.25) is 0 Å². The Kier molecular flexibility index (Phi) is 15.3. The van der Waals surface area contributed by atoms with Crippen LogP contribution in [0.1, 0.15) is 111 Å². The maximum absolute atomic E-state index is 10.3. The van der Waals surface area contributed by atoms with Crippen LogP contribution in [0.15, 0.2) is 12.2 Å². The molecule has 1 atom stereocenters. The summed E-state index contributed by atoms with van der Waals surface area (Å²) in [5.74, 6) is 0. The minimum absolute atomic E-state index is 0.280. The smallest absolute Gasteiger partial charge is 0.192 e. The van der Waals surface area contributed by atoms with Gasteiger partial charge < -0.3 is 9.22 Å². The fourth-order valence-electron chi connectivity index (χ4n) is 3.00. The van der Waals surface area contributed by atoms with Crippen molar-refractivity contribution in [2.45, 2.75) is 135 Å². The number of hydrogen-bond acceptors (Lipinski definition) is 2. The van der Waals surface area contributed by atoms with E-state index >= 15 is 0 Å². The first-order valence-corrected chi connectivity index (χ1v) is 14.4. The van der Waals surface area contributed by atoms with Crippen LogP contribution in [0, 0.1) is 0 Å². The van der Waals surface area contributed by atoms with Crippen molar-refractivity contribution in [1.82, 2.24) is 0 Å². The van der Waals surface area contributed by atoms with Gasteiger partial charge in [-0.15, -0.1) is 0 Å². The van der Waals surface area contributed by atoms with Crippen molar-refractivity contribution in [1.29, 1.82) is 0 Å². The molecule has 0 saturated heterocycles. The van der Waals surface area contributed by atoms with Crippen LogP contribution in [0.5, 0.6) is 0 Å². The van der Waals surface area contributed by atoms with Crippen LogP contribution in [-0.4, -0.2) is 20.7 Å². The van der Waals surface area contributed by atoms with Crippen LogP contribution >= 0.6 is 0 Å². The summed E-state index contributed by atoms with van der Waals surface area (Å²) in [5, 5.41) is 0.280. The topological polar surface area (TPSA) is 26.3 Å². The lowest BCUT2D eigenvalue weighted by molar-refractivity contribution is -0.107. The molecule has 2 nitrogen and oxygen atoms in total. The molecule has 160 valence electrons. The second kappa shape index (κ2) is 15.5. The van der Waals surface area contributed by atoms with Gasteiger partial charge in [-0.25, -0.2) is 0 Å². The van der Waals surface area contributed by atoms with Gasteiger partial charge in [0.05, 0.1) is 0 Å². The molecule has 0 aliphatic rings. The minimum atomic E-state index is -1.69. The van der Waals surface area contributed by atoms with Gasteiger partial charge in [0.25, 0.3) is 0 Å². The largest absolute Gasteiger partial charge is 0.414 e. The summed E-state index contributed by atoms with van der Waals surface area (Å²) in [4.78, 5) is 10.3. The fourth-order valence-corrected chi connectivity index (χ4v) is 4.40. The number of rotatable bonds is 17. The van der Waals surface area contributed by atoms with Gasteiger partial charge >= 0.3 is 0 Å². The minimum Gasteiger partial charge on any atom is -0.414 e. The Balaban J connectivity index is 4.24. The molecule has 27 heavy (non-hydrogen) atoms. The molecule has 0 aromatic heterocycles. The number of carbonyl (C=O) groups excluding carboxylic acids is 1. The van der Waals surface area contributed by atoms with Crippen molar-refractivity contribution in [3.05, 3.63) is 12.2 Å². The van der Waals surface area contributed by atoms with Gasteiger partial charge in [-0.3, -0.25) is 0 Å². The zero-order valence-corrected chi connectivity index (χ0v) is 20.3. The fraction of sp³-hybridized carbons (Fsp3) is 0.875. The third-order valence-electron chi connectivity index (χ3n) is 5.91. The number of carbonyl (C=O) groups is 1. The molecule has 0 radical (unpaired) electrons. The van der Waals surface area contributed by atoms with Crippen LogP contribution in [0.4, 0.5) is 0 Å². The number of hydrogen-bond donors (Lipinski definition) is 0. The summed E-state index contributed by atoms with van der Waals surface area (Å²) in [5.41, 5.74) is 0. The molecule has 0 aromatic rings. The summed E-state index contributed by atoms with van der Waals surface area (Å²) in [6.07, 6.45) is 21.7. The molecular weight excluding hydrogens is 348 g/mol. The average Bonchev–Trinajstić information content (AvgIpc) is 2.58. The Labute approximate surface area is 171 Å². The summed E-state index contributed by atoms with van der Waals surface area (Å²) in [6.45, 7) is 14.0. The van der Waals surface area contributed by atoms with Crippen LogP contribution in [-0.2, 0) is 9.22 Å². The number of aldehydes is 1. The lowest BCUT2D eigenvalue weighted by Crippen LogP contribution is -2.43. The molecule has 1 unspecified atom stereocenters. The van der Waals surface area contributed by atoms with Gasteiger partial charge in [-0.05, 0) is 50.2 Å². The summed E-state index contributed by atoms with van der Waals surface area (Å²) in [7, 11) is -1.69. The van der Waals surface area contributed by atoms with Crippen molar-refractivity contribution < 1.29 is 9.22 Å². The first-order chi connectivity index (χ1) is 12.7. The normalized spacial score (nSPS) is 14.0. The van der Waals surface area contributed by atoms with Crippen molar-refractivity contribution in [3.63, 3.8) is 0 Å². The third-order valence-corrected chi connectivity index (χ3v) is 10.4. The van der Waals surface area contributed by atoms with E-state index in [1.54, 1.807) is 0 Å². The van der Waals surface area contributed by atoms with E-state index in [4.69, 9.17) is 4.43 Å². The van der Waals surface area contributed by atoms with E-state index in [1.165, 1.54) is 64.2 Å². The first-order valence-electron chi connectivity index (χ1n) is 11.5. The molecule has 3 heteroatoms. The van der Waals surface area contributed by atoms with Crippen molar-refractivity contribution in [2.75, 3.05) is 0 Å². The Morgan fingerprint density at radius 2 is 1.44 bits per heavy atom. The van der Waals surface area contributed by atoms with Crippen LogP contribution in [0.25, 0.3) is 0 Å². The van der Waals surface area contributed by atoms with Crippen molar-refractivity contribution in [2.24, 2.45) is 0 Å². The second-order valence-electron chi connectivity index (χ2n) is 9.57. The first kappa shape index (κ1) is 26.6. The molecule has 0 aromatic carbocycles. The van der Waals surface area contributed by atoms with Crippen molar-refractivity contribution >= 4 is 14.6 Å². The Hall–Kier alpha value is -0.413. The van der Waals surface area contributed by atoms with Crippen LogP contribution in [0.3, 0.4) is 0 Å². The number of unbranched alkanes of at least 4 members (excludes halogenated alkanes) is 9. The van der Waals surface area contributed by atoms with Crippen LogP contribution in [0.2, 0.25) is 18.1 Å². The molecule has 0 aliphatic heterocycles. The van der Waals surface area contributed by atoms with Crippen molar-refractivity contribution in [3.8, 4) is 0 Å². The molecule has 0 N–H and O–H groups in total. The standard InChI is InChI=1S/C24H48O2Si/c1-7-8-9-17-20-23(26-27(5,6)24(2,3)4)21-18-15-13-11-10-12-14-16-19-22-25/h15,18,22-23H,7-14,16-17,19-21H2,1-6H3/b18-15-. The highest BCUT2D eigenvalue weighted by Gasteiger charge is 2.38. The summed E-state index contributed by atoms with van der Waals surface area (Å²) in [6, 6.07) is 0. The van der Waals surface area contributed by atoms with Gasteiger partial charge in [0.15, 0.2) is 8.32 Å². The maximum atomic E-state index is 10.3. The molecular formula is C24H48O2Si. The highest BCUT2D eigenvalue weighted by atomic mass is 28.4. The molecule has 0 rings (SSSR count). The van der Waals surface area contributed by atoms with E-state index in [0.717, 1.165) is 25.5 Å². The van der Waals surface area contributed by atoms with Gasteiger partial charge in [0, 0.05) is 12.5 Å². The summed E-state index contributed by atoms with van der Waals surface area (Å²) < 4.78 is 6.72. The summed E-state index contributed by atoms with van der Waals surface area (Å²) >= 11 is 0. The molecule has 0 saturated carbocycles. The Bertz CT molecular complexity index is 382. The Morgan fingerprint density at radius 3 is 2.04 bits per heavy atom. The highest BCUT2D eigenvalue weighted by Crippen LogP contribution is 2.38. The molecule has 0 bridgehead atoms. The van der Waals surface area contributed by atoms with E-state index in [9.17, 15) is 4.79 Å². The second-order valence-corrected chi connectivity index (χ2v) is 14.3. The molecule has 0 heterocycles. The lowest BCUT2D eigenvalue weighted by Gasteiger charge is -2.39. The quantitative estimate of drug-likeness (QED) is 0.107. The third kappa shape index (κ3) is 14.3. The highest BCUT2D eigenvalue weighted by molar-refractivity contribution is 6.74. The van der Waals surface area contributed by atoms with E-state index in [0.29, 0.717) is 6.10 Å². The SMILES string of the molecule is CCCCCCC(C/C=C\CCCCCCCC=O)O[Si](C)(C)C(C)(C)C. The van der Waals surface area contributed by atoms with Gasteiger partial charge in [-0.2, -0.15) is 0 Å². The Morgan fingerprint density at radius 1 is 0.852 bits per heavy atom. The molecule has 0 spiro atoms. The zero-order valence-electron chi connectivity index (χ0n) is 19.3. The van der Waals surface area contributed by atoms with E-state index in [-0.39, 0.29) is 5.04 Å². The molecule has 0 fully saturated rings. The number of allylic oxidation sites excluding steroid dienone is 1. The monoisotopic (exact) mass is 396 g/mol. The lowest BCUT2D eigenvalue weighted by atomic mass is 10.1. The molecule has 0 amide bonds. The van der Waals surface area contributed by atoms with Gasteiger partial charge in [-0.1, -0.05) is 84.8 Å².